The molecule has 0 heterocycles. The first-order valence-corrected chi connectivity index (χ1v) is 7.59. The van der Waals surface area contributed by atoms with Gasteiger partial charge in [-0.05, 0) is 35.6 Å². The summed E-state index contributed by atoms with van der Waals surface area (Å²) in [6.07, 6.45) is 0. The molecule has 2 rings (SSSR count). The van der Waals surface area contributed by atoms with Gasteiger partial charge in [-0.15, -0.1) is 0 Å². The van der Waals surface area contributed by atoms with Gasteiger partial charge in [0, 0.05) is 5.69 Å². The van der Waals surface area contributed by atoms with Crippen molar-refractivity contribution in [2.45, 2.75) is 39.2 Å². The van der Waals surface area contributed by atoms with Crippen LogP contribution in [-0.2, 0) is 5.41 Å². The molecule has 0 spiro atoms. The monoisotopic (exact) mass is 296 g/mol. The number of nitrogens with one attached hydrogen (secondary N) is 2. The number of carbonyl (C=O) groups is 1. The number of urea groups is 1. The topological polar surface area (TPSA) is 41.1 Å². The molecule has 0 radical (unpaired) electrons. The lowest BCUT2D eigenvalue weighted by atomic mass is 9.86. The Morgan fingerprint density at radius 2 is 1.55 bits per heavy atom. The Balaban J connectivity index is 1.97. The maximum absolute atomic E-state index is 12.0. The summed E-state index contributed by atoms with van der Waals surface area (Å²) < 4.78 is 0. The summed E-state index contributed by atoms with van der Waals surface area (Å²) in [5, 5.41) is 5.78. The number of carbonyl (C=O) groups excluding carboxylic acids is 1. The van der Waals surface area contributed by atoms with Gasteiger partial charge in [0.05, 0.1) is 6.04 Å². The SMILES string of the molecule is CC(NC(=O)Nc1ccccc1)c1ccc(C(C)(C)C)cc1. The van der Waals surface area contributed by atoms with Gasteiger partial charge in [-0.25, -0.2) is 4.79 Å². The van der Waals surface area contributed by atoms with E-state index in [0.717, 1.165) is 11.3 Å². The maximum Gasteiger partial charge on any atom is 0.319 e. The second kappa shape index (κ2) is 6.65. The fourth-order valence-electron chi connectivity index (χ4n) is 2.24. The van der Waals surface area contributed by atoms with Crippen LogP contribution < -0.4 is 10.6 Å². The molecule has 2 amide bonds. The van der Waals surface area contributed by atoms with E-state index in [1.165, 1.54) is 5.56 Å². The maximum atomic E-state index is 12.0. The molecule has 0 aliphatic rings. The lowest BCUT2D eigenvalue weighted by Gasteiger charge is -2.21. The van der Waals surface area contributed by atoms with Gasteiger partial charge in [0.15, 0.2) is 0 Å². The largest absolute Gasteiger partial charge is 0.331 e. The molecular formula is C19H24N2O. The third-order valence-electron chi connectivity index (χ3n) is 3.66. The van der Waals surface area contributed by atoms with E-state index in [0.29, 0.717) is 0 Å². The minimum Gasteiger partial charge on any atom is -0.331 e. The average Bonchev–Trinajstić information content (AvgIpc) is 2.47. The zero-order valence-corrected chi connectivity index (χ0v) is 13.7. The highest BCUT2D eigenvalue weighted by atomic mass is 16.2. The Bertz CT molecular complexity index is 612. The van der Waals surface area contributed by atoms with Gasteiger partial charge in [0.25, 0.3) is 0 Å². The van der Waals surface area contributed by atoms with E-state index in [-0.39, 0.29) is 17.5 Å². The highest BCUT2D eigenvalue weighted by Gasteiger charge is 2.14. The van der Waals surface area contributed by atoms with Crippen molar-refractivity contribution in [1.82, 2.24) is 5.32 Å². The third kappa shape index (κ3) is 4.35. The van der Waals surface area contributed by atoms with Crippen LogP contribution >= 0.6 is 0 Å². The zero-order chi connectivity index (χ0) is 16.2. The predicted molar refractivity (Wildman–Crippen MR) is 92.2 cm³/mol. The van der Waals surface area contributed by atoms with Gasteiger partial charge in [-0.3, -0.25) is 0 Å². The van der Waals surface area contributed by atoms with Gasteiger partial charge in [-0.1, -0.05) is 63.2 Å². The van der Waals surface area contributed by atoms with Crippen molar-refractivity contribution in [2.24, 2.45) is 0 Å². The molecule has 22 heavy (non-hydrogen) atoms. The Labute approximate surface area is 132 Å². The minimum absolute atomic E-state index is 0.0438. The Kier molecular flexibility index (Phi) is 4.86. The summed E-state index contributed by atoms with van der Waals surface area (Å²) >= 11 is 0. The first-order valence-electron chi connectivity index (χ1n) is 7.59. The van der Waals surface area contributed by atoms with Gasteiger partial charge in [0.1, 0.15) is 0 Å². The van der Waals surface area contributed by atoms with Crippen LogP contribution in [0.4, 0.5) is 10.5 Å². The van der Waals surface area contributed by atoms with Gasteiger partial charge >= 0.3 is 6.03 Å². The average molecular weight is 296 g/mol. The number of hydrogen-bond donors (Lipinski definition) is 2. The van der Waals surface area contributed by atoms with Crippen molar-refractivity contribution in [3.05, 3.63) is 65.7 Å². The molecule has 0 bridgehead atoms. The molecule has 1 atom stereocenters. The third-order valence-corrected chi connectivity index (χ3v) is 3.66. The normalized spacial score (nSPS) is 12.5. The second-order valence-corrected chi connectivity index (χ2v) is 6.56. The van der Waals surface area contributed by atoms with Crippen molar-refractivity contribution in [2.75, 3.05) is 5.32 Å². The molecule has 2 N–H and O–H groups in total. The van der Waals surface area contributed by atoms with Gasteiger partial charge in [0.2, 0.25) is 0 Å². The number of para-hydroxylation sites is 1. The van der Waals surface area contributed by atoms with Crippen molar-refractivity contribution in [1.29, 1.82) is 0 Å². The number of amides is 2. The van der Waals surface area contributed by atoms with E-state index >= 15 is 0 Å². The van der Waals surface area contributed by atoms with Crippen LogP contribution in [0.25, 0.3) is 0 Å². The van der Waals surface area contributed by atoms with Crippen LogP contribution in [0.1, 0.15) is 44.9 Å². The van der Waals surface area contributed by atoms with Crippen LogP contribution in [0.2, 0.25) is 0 Å². The molecule has 0 aliphatic heterocycles. The lowest BCUT2D eigenvalue weighted by molar-refractivity contribution is 0.249. The summed E-state index contributed by atoms with van der Waals surface area (Å²) in [7, 11) is 0. The number of hydrogen-bond acceptors (Lipinski definition) is 1. The molecule has 0 aromatic heterocycles. The standard InChI is InChI=1S/C19H24N2O/c1-14(15-10-12-16(13-11-15)19(2,3)4)20-18(22)21-17-8-6-5-7-9-17/h5-14H,1-4H3,(H2,20,21,22). The van der Waals surface area contributed by atoms with E-state index in [1.54, 1.807) is 0 Å². The molecule has 116 valence electrons. The first-order chi connectivity index (χ1) is 10.4. The van der Waals surface area contributed by atoms with Crippen molar-refractivity contribution in [3.63, 3.8) is 0 Å². The molecular weight excluding hydrogens is 272 g/mol. The minimum atomic E-state index is -0.196. The Morgan fingerprint density at radius 1 is 0.955 bits per heavy atom. The van der Waals surface area contributed by atoms with E-state index in [2.05, 4.69) is 55.7 Å². The van der Waals surface area contributed by atoms with Crippen molar-refractivity contribution < 1.29 is 4.79 Å². The molecule has 1 unspecified atom stereocenters. The quantitative estimate of drug-likeness (QED) is 0.833. The molecule has 0 fully saturated rings. The second-order valence-electron chi connectivity index (χ2n) is 6.56. The highest BCUT2D eigenvalue weighted by molar-refractivity contribution is 5.89. The van der Waals surface area contributed by atoms with E-state index in [9.17, 15) is 4.79 Å². The summed E-state index contributed by atoms with van der Waals surface area (Å²) in [6, 6.07) is 17.6. The van der Waals surface area contributed by atoms with E-state index in [1.807, 2.05) is 37.3 Å². The molecule has 0 saturated carbocycles. The number of anilines is 1. The fourth-order valence-corrected chi connectivity index (χ4v) is 2.24. The smallest absolute Gasteiger partial charge is 0.319 e. The summed E-state index contributed by atoms with van der Waals surface area (Å²) in [4.78, 5) is 12.0. The van der Waals surface area contributed by atoms with Crippen LogP contribution in [-0.4, -0.2) is 6.03 Å². The van der Waals surface area contributed by atoms with Crippen molar-refractivity contribution >= 4 is 11.7 Å². The first kappa shape index (κ1) is 16.1. The van der Waals surface area contributed by atoms with Gasteiger partial charge in [-0.2, -0.15) is 0 Å². The summed E-state index contributed by atoms with van der Waals surface area (Å²) in [6.45, 7) is 8.56. The van der Waals surface area contributed by atoms with Crippen molar-refractivity contribution in [3.8, 4) is 0 Å². The Morgan fingerprint density at radius 3 is 2.09 bits per heavy atom. The molecule has 0 saturated heterocycles. The number of benzene rings is 2. The summed E-state index contributed by atoms with van der Waals surface area (Å²) in [5.41, 5.74) is 3.31. The zero-order valence-electron chi connectivity index (χ0n) is 13.7. The Hall–Kier alpha value is -2.29. The van der Waals surface area contributed by atoms with Gasteiger partial charge < -0.3 is 10.6 Å². The van der Waals surface area contributed by atoms with Crippen LogP contribution in [0, 0.1) is 0 Å². The fraction of sp³-hybridized carbons (Fsp3) is 0.316. The van der Waals surface area contributed by atoms with Crippen LogP contribution in [0.5, 0.6) is 0 Å². The number of rotatable bonds is 3. The van der Waals surface area contributed by atoms with E-state index < -0.39 is 0 Å². The predicted octanol–water partition coefficient (Wildman–Crippen LogP) is 4.87. The summed E-state index contributed by atoms with van der Waals surface area (Å²) in [5.74, 6) is 0. The van der Waals surface area contributed by atoms with Crippen LogP contribution in [0.3, 0.4) is 0 Å². The lowest BCUT2D eigenvalue weighted by Crippen LogP contribution is -2.31. The van der Waals surface area contributed by atoms with Crippen LogP contribution in [0.15, 0.2) is 54.6 Å². The highest BCUT2D eigenvalue weighted by Crippen LogP contribution is 2.23. The molecule has 2 aromatic carbocycles. The molecule has 3 nitrogen and oxygen atoms in total. The molecule has 0 aliphatic carbocycles. The van der Waals surface area contributed by atoms with E-state index in [4.69, 9.17) is 0 Å². The molecule has 3 heteroatoms. The molecule has 2 aromatic rings.